The molecule has 0 saturated carbocycles. The number of amides is 3. The Morgan fingerprint density at radius 1 is 1.28 bits per heavy atom. The van der Waals surface area contributed by atoms with E-state index in [0.29, 0.717) is 0 Å². The summed E-state index contributed by atoms with van der Waals surface area (Å²) in [6.07, 6.45) is 1.91. The molecule has 0 spiro atoms. The van der Waals surface area contributed by atoms with Crippen molar-refractivity contribution >= 4 is 35.5 Å². The van der Waals surface area contributed by atoms with E-state index in [1.165, 1.54) is 23.8 Å². The monoisotopic (exact) mass is 370 g/mol. The fourth-order valence-electron chi connectivity index (χ4n) is 2.78. The van der Waals surface area contributed by atoms with E-state index in [4.69, 9.17) is 16.2 Å². The van der Waals surface area contributed by atoms with Crippen LogP contribution in [0.5, 0.6) is 0 Å². The maximum atomic E-state index is 12.3. The molecule has 1 aliphatic rings. The first-order valence-corrected chi connectivity index (χ1v) is 8.62. The van der Waals surface area contributed by atoms with Gasteiger partial charge in [0.15, 0.2) is 11.4 Å². The van der Waals surface area contributed by atoms with E-state index in [0.717, 1.165) is 4.68 Å². The van der Waals surface area contributed by atoms with Gasteiger partial charge in [-0.2, -0.15) is 11.8 Å². The Morgan fingerprint density at radius 3 is 2.48 bits per heavy atom. The lowest BCUT2D eigenvalue weighted by Crippen LogP contribution is -2.42. The maximum absolute atomic E-state index is 12.3. The lowest BCUT2D eigenvalue weighted by molar-refractivity contribution is -0.150. The number of methoxy groups -OCH3 is 1. The minimum atomic E-state index is -0.946. The smallest absolute Gasteiger partial charge is 0.328 e. The number of hydrogen-bond acceptors (Lipinski definition) is 8. The average molecular weight is 370 g/mol. The van der Waals surface area contributed by atoms with Gasteiger partial charge in [-0.25, -0.2) is 9.48 Å². The molecule has 2 rings (SSSR count). The topological polar surface area (TPSA) is 164 Å². The Kier molecular flexibility index (Phi) is 5.62. The van der Waals surface area contributed by atoms with Crippen molar-refractivity contribution in [3.63, 3.8) is 0 Å². The van der Waals surface area contributed by atoms with Gasteiger partial charge < -0.3 is 21.1 Å². The van der Waals surface area contributed by atoms with Gasteiger partial charge in [-0.15, -0.1) is 5.10 Å². The van der Waals surface area contributed by atoms with Crippen LogP contribution < -0.4 is 11.5 Å². The quantitative estimate of drug-likeness (QED) is 0.551. The van der Waals surface area contributed by atoms with E-state index in [9.17, 15) is 19.2 Å². The van der Waals surface area contributed by atoms with Crippen LogP contribution >= 0.6 is 11.8 Å². The molecule has 2 atom stereocenters. The molecular formula is C13H18N6O5S. The normalized spacial score (nSPS) is 19.7. The van der Waals surface area contributed by atoms with Gasteiger partial charge in [-0.3, -0.25) is 14.4 Å². The number of carbonyl (C=O) groups excluding carboxylic acids is 4. The van der Waals surface area contributed by atoms with Gasteiger partial charge in [-0.1, -0.05) is 5.21 Å². The molecule has 0 aromatic carbocycles. The van der Waals surface area contributed by atoms with E-state index < -0.39 is 29.9 Å². The zero-order valence-corrected chi connectivity index (χ0v) is 14.5. The highest BCUT2D eigenvalue weighted by Gasteiger charge is 2.42. The van der Waals surface area contributed by atoms with Crippen molar-refractivity contribution in [2.24, 2.45) is 11.5 Å². The van der Waals surface area contributed by atoms with Gasteiger partial charge >= 0.3 is 5.97 Å². The number of nitrogens with zero attached hydrogens (tertiary/aromatic N) is 4. The van der Waals surface area contributed by atoms with Crippen molar-refractivity contribution in [1.29, 1.82) is 0 Å². The zero-order valence-electron chi connectivity index (χ0n) is 13.7. The van der Waals surface area contributed by atoms with Crippen LogP contribution in [0.1, 0.15) is 33.4 Å². The van der Waals surface area contributed by atoms with Crippen LogP contribution in [-0.4, -0.2) is 75.3 Å². The second-order valence-electron chi connectivity index (χ2n) is 5.37. The van der Waals surface area contributed by atoms with Crippen LogP contribution in [0.4, 0.5) is 0 Å². The molecule has 1 aromatic rings. The number of likely N-dealkylation sites (tertiary alicyclic amines) is 1. The molecular weight excluding hydrogens is 352 g/mol. The molecule has 0 unspecified atom stereocenters. The molecule has 0 radical (unpaired) electrons. The first-order chi connectivity index (χ1) is 11.8. The highest BCUT2D eigenvalue weighted by molar-refractivity contribution is 7.99. The molecule has 0 bridgehead atoms. The minimum Gasteiger partial charge on any atom is -0.467 e. The highest BCUT2D eigenvalue weighted by Crippen LogP contribution is 2.29. The van der Waals surface area contributed by atoms with Gasteiger partial charge in [0.05, 0.1) is 18.9 Å². The van der Waals surface area contributed by atoms with Gasteiger partial charge in [0.1, 0.15) is 6.04 Å². The van der Waals surface area contributed by atoms with Crippen molar-refractivity contribution in [2.75, 3.05) is 25.7 Å². The number of ether oxygens (including phenoxy) is 1. The summed E-state index contributed by atoms with van der Waals surface area (Å²) in [5.74, 6) is -2.51. The predicted octanol–water partition coefficient (Wildman–Crippen LogP) is -1.85. The average Bonchev–Trinajstić information content (AvgIpc) is 3.18. The van der Waals surface area contributed by atoms with E-state index >= 15 is 0 Å². The molecule has 0 aliphatic carbocycles. The lowest BCUT2D eigenvalue weighted by Gasteiger charge is -2.22. The second kappa shape index (κ2) is 7.51. The van der Waals surface area contributed by atoms with E-state index in [1.807, 2.05) is 0 Å². The number of hydrogen-bond donors (Lipinski definition) is 2. The zero-order chi connectivity index (χ0) is 18.7. The number of primary amides is 2. The van der Waals surface area contributed by atoms with Crippen molar-refractivity contribution in [2.45, 2.75) is 18.5 Å². The highest BCUT2D eigenvalue weighted by atomic mass is 32.2. The van der Waals surface area contributed by atoms with Crippen LogP contribution in [0, 0.1) is 0 Å². The number of nitrogens with two attached hydrogens (primary N) is 2. The third kappa shape index (κ3) is 3.57. The van der Waals surface area contributed by atoms with Crippen molar-refractivity contribution in [3.8, 4) is 0 Å². The molecule has 136 valence electrons. The molecule has 4 N–H and O–H groups in total. The van der Waals surface area contributed by atoms with Crippen LogP contribution in [0.25, 0.3) is 0 Å². The second-order valence-corrected chi connectivity index (χ2v) is 6.23. The molecule has 1 fully saturated rings. The first kappa shape index (κ1) is 18.7. The molecule has 1 aliphatic heterocycles. The number of carbonyl (C=O) groups is 4. The minimum absolute atomic E-state index is 0.0982. The number of esters is 1. The van der Waals surface area contributed by atoms with E-state index in [-0.39, 0.29) is 36.0 Å². The fraction of sp³-hybridized carbons (Fsp3) is 0.538. The third-order valence-corrected chi connectivity index (χ3v) is 4.38. The third-order valence-electron chi connectivity index (χ3n) is 3.85. The van der Waals surface area contributed by atoms with Crippen LogP contribution in [0.15, 0.2) is 0 Å². The van der Waals surface area contributed by atoms with E-state index in [1.54, 1.807) is 6.26 Å². The summed E-state index contributed by atoms with van der Waals surface area (Å²) in [5, 5.41) is 7.36. The van der Waals surface area contributed by atoms with Gasteiger partial charge in [0, 0.05) is 13.0 Å². The van der Waals surface area contributed by atoms with Gasteiger partial charge in [0.2, 0.25) is 5.91 Å². The SMILES string of the molecule is COC(=O)[C@@H]1C[C@H](n2nnc(C(N)=O)c2C(N)=O)CN1C(=O)CSC. The molecule has 1 aromatic heterocycles. The summed E-state index contributed by atoms with van der Waals surface area (Å²) in [7, 11) is 1.22. The van der Waals surface area contributed by atoms with Crippen LogP contribution in [-0.2, 0) is 14.3 Å². The van der Waals surface area contributed by atoms with Crippen LogP contribution in [0.3, 0.4) is 0 Å². The Morgan fingerprint density at radius 2 is 1.96 bits per heavy atom. The molecule has 12 heteroatoms. The Bertz CT molecular complexity index is 720. The van der Waals surface area contributed by atoms with Crippen molar-refractivity contribution in [1.82, 2.24) is 19.9 Å². The first-order valence-electron chi connectivity index (χ1n) is 7.22. The van der Waals surface area contributed by atoms with Crippen molar-refractivity contribution in [3.05, 3.63) is 11.4 Å². The summed E-state index contributed by atoms with van der Waals surface area (Å²) in [5.41, 5.74) is 9.88. The van der Waals surface area contributed by atoms with Gasteiger partial charge in [-0.05, 0) is 6.26 Å². The summed E-state index contributed by atoms with van der Waals surface area (Å²) < 4.78 is 5.89. The molecule has 25 heavy (non-hydrogen) atoms. The Balaban J connectivity index is 2.38. The molecule has 3 amide bonds. The molecule has 1 saturated heterocycles. The summed E-state index contributed by atoms with van der Waals surface area (Å²) >= 11 is 1.32. The molecule has 11 nitrogen and oxygen atoms in total. The number of rotatable bonds is 6. The Labute approximate surface area is 147 Å². The Hall–Kier alpha value is -2.63. The molecule has 2 heterocycles. The number of aromatic nitrogens is 3. The summed E-state index contributed by atoms with van der Waals surface area (Å²) in [4.78, 5) is 48.7. The van der Waals surface area contributed by atoms with E-state index in [2.05, 4.69) is 10.3 Å². The predicted molar refractivity (Wildman–Crippen MR) is 86.6 cm³/mol. The maximum Gasteiger partial charge on any atom is 0.328 e. The fourth-order valence-corrected chi connectivity index (χ4v) is 3.19. The standard InChI is InChI=1S/C13H18N6O5S/c1-24-13(23)7-3-6(4-18(7)8(20)5-25-2)19-10(12(15)22)9(11(14)21)16-17-19/h6-7H,3-5H2,1-2H3,(H2,14,21)(H2,15,22)/t6-,7-/m0/s1. The van der Waals surface area contributed by atoms with Crippen molar-refractivity contribution < 1.29 is 23.9 Å². The number of thioether (sulfide) groups is 1. The summed E-state index contributed by atoms with van der Waals surface area (Å²) in [6, 6.07) is -1.39. The lowest BCUT2D eigenvalue weighted by atomic mass is 10.1. The summed E-state index contributed by atoms with van der Waals surface area (Å²) in [6.45, 7) is 0.0982. The van der Waals surface area contributed by atoms with Crippen LogP contribution in [0.2, 0.25) is 0 Å². The largest absolute Gasteiger partial charge is 0.467 e. The van der Waals surface area contributed by atoms with Gasteiger partial charge in [0.25, 0.3) is 11.8 Å².